The number of carbonyl (C=O) groups is 1. The molecule has 0 spiro atoms. The minimum absolute atomic E-state index is 0.0434. The number of amides is 1. The molecule has 140 valence electrons. The summed E-state index contributed by atoms with van der Waals surface area (Å²) in [6.45, 7) is 4.58. The molecule has 0 bridgehead atoms. The number of nitrogens with zero attached hydrogens (tertiary/aromatic N) is 5. The minimum Gasteiger partial charge on any atom is -0.378 e. The Hall–Kier alpha value is -2.22. The molecule has 1 saturated carbocycles. The van der Waals surface area contributed by atoms with Gasteiger partial charge in [0.2, 0.25) is 5.89 Å². The molecule has 8 heteroatoms. The Morgan fingerprint density at radius 3 is 2.88 bits per heavy atom. The second-order valence-electron chi connectivity index (χ2n) is 7.04. The predicted molar refractivity (Wildman–Crippen MR) is 92.8 cm³/mol. The lowest BCUT2D eigenvalue weighted by molar-refractivity contribution is 0.0561. The number of carbonyl (C=O) groups excluding carboxylic acids is 1. The van der Waals surface area contributed by atoms with Gasteiger partial charge in [0, 0.05) is 32.3 Å². The Morgan fingerprint density at radius 1 is 1.35 bits per heavy atom. The third kappa shape index (κ3) is 3.65. The van der Waals surface area contributed by atoms with Crippen LogP contribution in [-0.4, -0.2) is 56.5 Å². The van der Waals surface area contributed by atoms with E-state index in [4.69, 9.17) is 9.26 Å². The van der Waals surface area contributed by atoms with Gasteiger partial charge in [-0.15, -0.1) is 0 Å². The van der Waals surface area contributed by atoms with Gasteiger partial charge in [-0.05, 0) is 25.8 Å². The van der Waals surface area contributed by atoms with Crippen molar-refractivity contribution >= 4 is 5.91 Å². The molecule has 0 radical (unpaired) electrons. The van der Waals surface area contributed by atoms with E-state index in [0.717, 1.165) is 6.54 Å². The summed E-state index contributed by atoms with van der Waals surface area (Å²) >= 11 is 0. The third-order valence-electron chi connectivity index (χ3n) is 5.17. The van der Waals surface area contributed by atoms with Gasteiger partial charge in [0.1, 0.15) is 5.69 Å². The van der Waals surface area contributed by atoms with Crippen LogP contribution in [0.15, 0.2) is 16.8 Å². The quantitative estimate of drug-likeness (QED) is 0.752. The highest BCUT2D eigenvalue weighted by Gasteiger charge is 2.36. The first-order valence-corrected chi connectivity index (χ1v) is 9.49. The average molecular weight is 359 g/mol. The highest BCUT2D eigenvalue weighted by atomic mass is 16.5. The van der Waals surface area contributed by atoms with Gasteiger partial charge in [-0.2, -0.15) is 10.1 Å². The van der Waals surface area contributed by atoms with Crippen molar-refractivity contribution in [1.29, 1.82) is 0 Å². The first-order valence-electron chi connectivity index (χ1n) is 9.49. The Bertz CT molecular complexity index is 744. The zero-order chi connectivity index (χ0) is 17.9. The molecule has 0 atom stereocenters. The van der Waals surface area contributed by atoms with Crippen molar-refractivity contribution in [3.8, 4) is 0 Å². The fourth-order valence-corrected chi connectivity index (χ4v) is 3.52. The Labute approximate surface area is 152 Å². The summed E-state index contributed by atoms with van der Waals surface area (Å²) in [6.07, 6.45) is 7.77. The summed E-state index contributed by atoms with van der Waals surface area (Å²) in [5, 5.41) is 8.30. The van der Waals surface area contributed by atoms with Crippen LogP contribution in [0, 0.1) is 0 Å². The van der Waals surface area contributed by atoms with Crippen LogP contribution in [0.1, 0.15) is 60.7 Å². The van der Waals surface area contributed by atoms with Crippen molar-refractivity contribution in [2.75, 3.05) is 19.7 Å². The van der Waals surface area contributed by atoms with Crippen LogP contribution in [0.25, 0.3) is 0 Å². The van der Waals surface area contributed by atoms with Crippen LogP contribution in [0.2, 0.25) is 0 Å². The summed E-state index contributed by atoms with van der Waals surface area (Å²) in [4.78, 5) is 18.6. The average Bonchev–Trinajstić information content (AvgIpc) is 3.35. The minimum atomic E-state index is -0.0434. The van der Waals surface area contributed by atoms with Crippen LogP contribution >= 0.6 is 0 Å². The number of ether oxygens (including phenoxy) is 1. The molecular formula is C18H25N5O3. The molecule has 4 rings (SSSR count). The lowest BCUT2D eigenvalue weighted by Gasteiger charge is -2.36. The van der Waals surface area contributed by atoms with Gasteiger partial charge in [-0.25, -0.2) is 0 Å². The van der Waals surface area contributed by atoms with E-state index in [-0.39, 0.29) is 11.8 Å². The molecule has 0 N–H and O–H groups in total. The van der Waals surface area contributed by atoms with Gasteiger partial charge in [-0.1, -0.05) is 18.0 Å². The van der Waals surface area contributed by atoms with E-state index in [1.165, 1.54) is 25.7 Å². The molecule has 2 aliphatic rings. The van der Waals surface area contributed by atoms with Gasteiger partial charge in [0.15, 0.2) is 5.82 Å². The lowest BCUT2D eigenvalue weighted by Crippen LogP contribution is -2.48. The van der Waals surface area contributed by atoms with Crippen molar-refractivity contribution in [2.45, 2.75) is 57.6 Å². The molecule has 1 saturated heterocycles. The van der Waals surface area contributed by atoms with Crippen molar-refractivity contribution in [3.05, 3.63) is 29.7 Å². The SMILES string of the molecule is CCn1ccc(C(=O)N2CC(c3nc(CCOC4CCCC4)no3)C2)n1. The van der Waals surface area contributed by atoms with Gasteiger partial charge < -0.3 is 14.2 Å². The summed E-state index contributed by atoms with van der Waals surface area (Å²) in [5.74, 6) is 1.37. The second kappa shape index (κ2) is 7.57. The first-order chi connectivity index (χ1) is 12.7. The normalized spacial score (nSPS) is 18.4. The first kappa shape index (κ1) is 17.2. The van der Waals surface area contributed by atoms with Crippen molar-refractivity contribution in [3.63, 3.8) is 0 Å². The van der Waals surface area contributed by atoms with E-state index >= 15 is 0 Å². The summed E-state index contributed by atoms with van der Waals surface area (Å²) in [7, 11) is 0. The molecule has 0 aromatic carbocycles. The zero-order valence-corrected chi connectivity index (χ0v) is 15.1. The van der Waals surface area contributed by atoms with Crippen molar-refractivity contribution in [1.82, 2.24) is 24.8 Å². The van der Waals surface area contributed by atoms with Crippen LogP contribution in [0.4, 0.5) is 0 Å². The largest absolute Gasteiger partial charge is 0.378 e. The number of hydrogen-bond acceptors (Lipinski definition) is 6. The number of aromatic nitrogens is 4. The van der Waals surface area contributed by atoms with Crippen LogP contribution in [0.5, 0.6) is 0 Å². The standard InChI is InChI=1S/C18H25N5O3/c1-2-23-9-7-15(20-23)18(24)22-11-13(12-22)17-19-16(21-26-17)8-10-25-14-5-3-4-6-14/h7,9,13-14H,2-6,8,10-12H2,1H3. The molecule has 8 nitrogen and oxygen atoms in total. The van der Waals surface area contributed by atoms with E-state index in [9.17, 15) is 4.79 Å². The highest BCUT2D eigenvalue weighted by Crippen LogP contribution is 2.27. The molecular weight excluding hydrogens is 334 g/mol. The maximum Gasteiger partial charge on any atom is 0.274 e. The number of likely N-dealkylation sites (tertiary alicyclic amines) is 1. The molecule has 0 unspecified atom stereocenters. The maximum atomic E-state index is 12.4. The fourth-order valence-electron chi connectivity index (χ4n) is 3.52. The Kier molecular flexibility index (Phi) is 5.01. The molecule has 1 aliphatic heterocycles. The van der Waals surface area contributed by atoms with Crippen LogP contribution in [-0.2, 0) is 17.7 Å². The molecule has 3 heterocycles. The van der Waals surface area contributed by atoms with Gasteiger partial charge in [0.25, 0.3) is 5.91 Å². The molecule has 1 amide bonds. The summed E-state index contributed by atoms with van der Waals surface area (Å²) < 4.78 is 13.0. The van der Waals surface area contributed by atoms with E-state index in [1.54, 1.807) is 15.6 Å². The predicted octanol–water partition coefficient (Wildman–Crippen LogP) is 2.03. The maximum absolute atomic E-state index is 12.4. The number of rotatable bonds is 7. The van der Waals surface area contributed by atoms with E-state index in [1.807, 2.05) is 13.1 Å². The number of hydrogen-bond donors (Lipinski definition) is 0. The van der Waals surface area contributed by atoms with E-state index in [2.05, 4.69) is 15.2 Å². The summed E-state index contributed by atoms with van der Waals surface area (Å²) in [6, 6.07) is 1.76. The van der Waals surface area contributed by atoms with Gasteiger partial charge in [-0.3, -0.25) is 9.48 Å². The van der Waals surface area contributed by atoms with Crippen molar-refractivity contribution in [2.24, 2.45) is 0 Å². The van der Waals surface area contributed by atoms with Crippen LogP contribution < -0.4 is 0 Å². The molecule has 2 fully saturated rings. The molecule has 26 heavy (non-hydrogen) atoms. The summed E-state index contributed by atoms with van der Waals surface area (Å²) in [5.41, 5.74) is 0.487. The van der Waals surface area contributed by atoms with Crippen LogP contribution in [0.3, 0.4) is 0 Å². The van der Waals surface area contributed by atoms with Gasteiger partial charge in [0.05, 0.1) is 18.6 Å². The molecule has 1 aliphatic carbocycles. The second-order valence-corrected chi connectivity index (χ2v) is 7.04. The lowest BCUT2D eigenvalue weighted by atomic mass is 10.00. The number of aryl methyl sites for hydroxylation is 1. The highest BCUT2D eigenvalue weighted by molar-refractivity contribution is 5.92. The Morgan fingerprint density at radius 2 is 2.15 bits per heavy atom. The molecule has 2 aromatic rings. The third-order valence-corrected chi connectivity index (χ3v) is 5.17. The van der Waals surface area contributed by atoms with Crippen molar-refractivity contribution < 1.29 is 14.1 Å². The van der Waals surface area contributed by atoms with E-state index in [0.29, 0.717) is 49.6 Å². The Balaban J connectivity index is 1.23. The molecule has 2 aromatic heterocycles. The monoisotopic (exact) mass is 359 g/mol. The van der Waals surface area contributed by atoms with E-state index < -0.39 is 0 Å². The zero-order valence-electron chi connectivity index (χ0n) is 15.1. The topological polar surface area (TPSA) is 86.3 Å². The smallest absolute Gasteiger partial charge is 0.274 e. The fraction of sp³-hybridized carbons (Fsp3) is 0.667. The van der Waals surface area contributed by atoms with Gasteiger partial charge >= 0.3 is 0 Å².